The summed E-state index contributed by atoms with van der Waals surface area (Å²) in [7, 11) is 1.86. The largest absolute Gasteiger partial charge is 0.508 e. The molecule has 4 fully saturated rings. The summed E-state index contributed by atoms with van der Waals surface area (Å²) >= 11 is 0. The zero-order chi connectivity index (χ0) is 34.0. The van der Waals surface area contributed by atoms with Crippen molar-refractivity contribution in [3.63, 3.8) is 0 Å². The smallest absolute Gasteiger partial charge is 0.319 e. The number of nitrogens with one attached hydrogen (secondary N) is 1. The molecule has 0 spiro atoms. The van der Waals surface area contributed by atoms with E-state index in [1.165, 1.54) is 18.2 Å². The molecule has 1 aromatic heterocycles. The average Bonchev–Trinajstić information content (AvgIpc) is 3.54. The topological polar surface area (TPSA) is 94.1 Å². The molecule has 1 saturated carbocycles. The van der Waals surface area contributed by atoms with E-state index >= 15 is 8.78 Å². The predicted molar refractivity (Wildman–Crippen MR) is 185 cm³/mol. The Morgan fingerprint density at radius 3 is 2.63 bits per heavy atom. The van der Waals surface area contributed by atoms with Crippen molar-refractivity contribution in [2.75, 3.05) is 51.3 Å². The van der Waals surface area contributed by atoms with E-state index in [9.17, 15) is 9.90 Å². The fraction of sp³-hybridized carbons (Fsp3) is 0.447. The number of anilines is 1. The van der Waals surface area contributed by atoms with Crippen LogP contribution in [0.1, 0.15) is 44.6 Å². The quantitative estimate of drug-likeness (QED) is 0.252. The third-order valence-corrected chi connectivity index (χ3v) is 11.1. The lowest BCUT2D eigenvalue weighted by atomic mass is 9.93. The van der Waals surface area contributed by atoms with Crippen molar-refractivity contribution >= 4 is 33.4 Å². The van der Waals surface area contributed by atoms with Crippen molar-refractivity contribution in [2.24, 2.45) is 5.41 Å². The summed E-state index contributed by atoms with van der Waals surface area (Å²) in [6.45, 7) is 5.86. The van der Waals surface area contributed by atoms with Crippen LogP contribution >= 0.6 is 0 Å². The number of halogens is 2. The summed E-state index contributed by atoms with van der Waals surface area (Å²) in [4.78, 5) is 27.6. The lowest BCUT2D eigenvalue weighted by Crippen LogP contribution is -2.51. The molecule has 3 aliphatic heterocycles. The van der Waals surface area contributed by atoms with E-state index in [1.807, 2.05) is 11.9 Å². The first-order valence-corrected chi connectivity index (χ1v) is 17.1. The highest BCUT2D eigenvalue weighted by Crippen LogP contribution is 2.47. The number of aromatic hydroxyl groups is 1. The number of carbonyl (C=O) groups excluding carboxylic acids is 1. The molecule has 254 valence electrons. The van der Waals surface area contributed by atoms with Gasteiger partial charge in [-0.2, -0.15) is 9.97 Å². The number of hydrogen-bond donors (Lipinski definition) is 2. The summed E-state index contributed by atoms with van der Waals surface area (Å²) in [5.41, 5.74) is 0.178. The standard InChI is InChI=1S/C38H40F2N6O3/c1-4-23-6-5-7-24-14-28(48)15-29(32(23)24)33-31(39)16-30-35(34(33)40)42-37(43-36(30)46-17-25-8-9-26(18-46)41-25)49-21-38(11-12-38)20-45-13-10-27(19-45)44(3)22(2)47/h1,5-7,14-16,25-27,41,48H,8-13,17-21H2,2-3H3/t25?,26?,27-/m1/s1. The van der Waals surface area contributed by atoms with E-state index in [0.29, 0.717) is 41.9 Å². The number of hydrogen-bond acceptors (Lipinski definition) is 8. The maximum Gasteiger partial charge on any atom is 0.319 e. The Morgan fingerprint density at radius 2 is 1.92 bits per heavy atom. The van der Waals surface area contributed by atoms with E-state index in [4.69, 9.17) is 16.1 Å². The number of amides is 1. The molecule has 0 radical (unpaired) electrons. The number of phenolic OH excluding ortho intramolecular Hbond substituents is 1. The molecule has 4 heterocycles. The number of likely N-dealkylation sites (N-methyl/N-ethyl adjacent to an activating group) is 1. The number of carbonyl (C=O) groups is 1. The normalized spacial score (nSPS) is 22.8. The van der Waals surface area contributed by atoms with Gasteiger partial charge in [0.25, 0.3) is 0 Å². The summed E-state index contributed by atoms with van der Waals surface area (Å²) in [5.74, 6) is 1.35. The number of piperazine rings is 1. The van der Waals surface area contributed by atoms with Crippen LogP contribution in [0, 0.1) is 29.4 Å². The second-order valence-corrected chi connectivity index (χ2v) is 14.5. The lowest BCUT2D eigenvalue weighted by Gasteiger charge is -2.34. The van der Waals surface area contributed by atoms with Crippen LogP contribution in [-0.2, 0) is 4.79 Å². The Labute approximate surface area is 284 Å². The first-order chi connectivity index (χ1) is 23.6. The van der Waals surface area contributed by atoms with Crippen molar-refractivity contribution in [1.82, 2.24) is 25.1 Å². The minimum absolute atomic E-state index is 0.0449. The van der Waals surface area contributed by atoms with Gasteiger partial charge in [0.1, 0.15) is 22.9 Å². The Kier molecular flexibility index (Phi) is 7.84. The summed E-state index contributed by atoms with van der Waals surface area (Å²) in [5, 5.41) is 15.5. The molecule has 3 aromatic carbocycles. The molecule has 2 unspecified atom stereocenters. The van der Waals surface area contributed by atoms with Crippen LogP contribution in [0.3, 0.4) is 0 Å². The number of nitrogens with zero attached hydrogens (tertiary/aromatic N) is 5. The Bertz CT molecular complexity index is 2020. The van der Waals surface area contributed by atoms with Gasteiger partial charge in [0.05, 0.1) is 12.2 Å². The number of ether oxygens (including phenoxy) is 1. The fourth-order valence-corrected chi connectivity index (χ4v) is 8.16. The van der Waals surface area contributed by atoms with E-state index in [-0.39, 0.29) is 63.2 Å². The van der Waals surface area contributed by atoms with Crippen molar-refractivity contribution in [1.29, 1.82) is 0 Å². The van der Waals surface area contributed by atoms with Gasteiger partial charge in [-0.3, -0.25) is 4.79 Å². The molecule has 4 aliphatic rings. The van der Waals surface area contributed by atoms with E-state index < -0.39 is 11.6 Å². The minimum atomic E-state index is -0.862. The molecule has 9 nitrogen and oxygen atoms in total. The summed E-state index contributed by atoms with van der Waals surface area (Å²) < 4.78 is 39.6. The zero-order valence-corrected chi connectivity index (χ0v) is 27.8. The molecule has 1 amide bonds. The highest BCUT2D eigenvalue weighted by Gasteiger charge is 2.46. The van der Waals surface area contributed by atoms with Crippen LogP contribution in [0.15, 0.2) is 36.4 Å². The van der Waals surface area contributed by atoms with Crippen LogP contribution in [-0.4, -0.2) is 95.3 Å². The average molecular weight is 667 g/mol. The number of terminal acetylenes is 1. The first-order valence-electron chi connectivity index (χ1n) is 17.1. The predicted octanol–water partition coefficient (Wildman–Crippen LogP) is 5.07. The van der Waals surface area contributed by atoms with E-state index in [1.54, 1.807) is 25.1 Å². The number of likely N-dealkylation sites (tertiary alicyclic amines) is 1. The third kappa shape index (κ3) is 5.81. The molecule has 3 atom stereocenters. The molecule has 4 aromatic rings. The third-order valence-electron chi connectivity index (χ3n) is 11.1. The molecule has 49 heavy (non-hydrogen) atoms. The van der Waals surface area contributed by atoms with Crippen LogP contribution in [0.25, 0.3) is 32.8 Å². The van der Waals surface area contributed by atoms with Crippen LogP contribution < -0.4 is 15.0 Å². The second kappa shape index (κ2) is 12.1. The Morgan fingerprint density at radius 1 is 1.14 bits per heavy atom. The van der Waals surface area contributed by atoms with E-state index in [2.05, 4.69) is 26.0 Å². The van der Waals surface area contributed by atoms with Gasteiger partial charge >= 0.3 is 6.01 Å². The molecular weight excluding hydrogens is 626 g/mol. The highest BCUT2D eigenvalue weighted by molar-refractivity contribution is 6.04. The zero-order valence-electron chi connectivity index (χ0n) is 27.8. The number of phenols is 1. The maximum atomic E-state index is 16.9. The molecular formula is C38H40F2N6O3. The lowest BCUT2D eigenvalue weighted by molar-refractivity contribution is -0.129. The highest BCUT2D eigenvalue weighted by atomic mass is 19.1. The second-order valence-electron chi connectivity index (χ2n) is 14.5. The van der Waals surface area contributed by atoms with Gasteiger partial charge in [0.15, 0.2) is 5.82 Å². The van der Waals surface area contributed by atoms with Gasteiger partial charge < -0.3 is 29.9 Å². The Balaban J connectivity index is 1.17. The molecule has 1 aliphatic carbocycles. The maximum absolute atomic E-state index is 16.9. The number of benzene rings is 3. The molecule has 3 saturated heterocycles. The summed E-state index contributed by atoms with van der Waals surface area (Å²) in [6, 6.07) is 10.2. The molecule has 8 rings (SSSR count). The SMILES string of the molecule is C#Cc1cccc2cc(O)cc(-c3c(F)cc4c(N5CC6CCC(C5)N6)nc(OCC5(CN6CC[C@@H](N(C)C(C)=O)C6)CC5)nc4c3F)c12. The number of aromatic nitrogens is 2. The van der Waals surface area contributed by atoms with Gasteiger partial charge in [0.2, 0.25) is 5.91 Å². The summed E-state index contributed by atoms with van der Waals surface area (Å²) in [6.07, 6.45) is 10.8. The van der Waals surface area contributed by atoms with Crippen molar-refractivity contribution in [2.45, 2.75) is 57.2 Å². The van der Waals surface area contributed by atoms with Gasteiger partial charge in [0, 0.05) is 92.1 Å². The van der Waals surface area contributed by atoms with Crippen LogP contribution in [0.5, 0.6) is 11.8 Å². The van der Waals surface area contributed by atoms with Gasteiger partial charge in [-0.25, -0.2) is 8.78 Å². The van der Waals surface area contributed by atoms with Gasteiger partial charge in [-0.05, 0) is 61.8 Å². The van der Waals surface area contributed by atoms with Crippen molar-refractivity contribution in [3.8, 4) is 35.2 Å². The molecule has 2 bridgehead atoms. The minimum Gasteiger partial charge on any atom is -0.508 e. The van der Waals surface area contributed by atoms with Gasteiger partial charge in [-0.1, -0.05) is 18.1 Å². The van der Waals surface area contributed by atoms with Crippen LogP contribution in [0.4, 0.5) is 14.6 Å². The molecule has 11 heteroatoms. The Hall–Kier alpha value is -4.53. The van der Waals surface area contributed by atoms with Crippen LogP contribution in [0.2, 0.25) is 0 Å². The number of rotatable bonds is 8. The monoisotopic (exact) mass is 666 g/mol. The van der Waals surface area contributed by atoms with E-state index in [0.717, 1.165) is 51.7 Å². The first kappa shape index (κ1) is 31.7. The molecule has 2 N–H and O–H groups in total. The van der Waals surface area contributed by atoms with Crippen molar-refractivity contribution < 1.29 is 23.4 Å². The van der Waals surface area contributed by atoms with Gasteiger partial charge in [-0.15, -0.1) is 6.42 Å². The van der Waals surface area contributed by atoms with Crippen molar-refractivity contribution in [3.05, 3.63) is 53.6 Å². The number of fused-ring (bicyclic) bond motifs is 4. The fourth-order valence-electron chi connectivity index (χ4n) is 8.16.